The Morgan fingerprint density at radius 3 is 2.35 bits per heavy atom. The van der Waals surface area contributed by atoms with E-state index in [4.69, 9.17) is 4.99 Å². The van der Waals surface area contributed by atoms with Gasteiger partial charge in [-0.1, -0.05) is 36.9 Å². The number of benzene rings is 2. The number of rotatable bonds is 5. The van der Waals surface area contributed by atoms with Crippen LogP contribution in [-0.2, 0) is 18.0 Å². The van der Waals surface area contributed by atoms with Gasteiger partial charge < -0.3 is 0 Å². The monoisotopic (exact) mass is 592 g/mol. The second kappa shape index (κ2) is 10.1. The largest absolute Gasteiger partial charge is 0.416 e. The molecule has 2 aliphatic heterocycles. The van der Waals surface area contributed by atoms with Crippen LogP contribution in [0.2, 0.25) is 0 Å². The predicted octanol–water partition coefficient (Wildman–Crippen LogP) is 9.13. The van der Waals surface area contributed by atoms with Crippen molar-refractivity contribution in [1.82, 2.24) is 9.88 Å². The summed E-state index contributed by atoms with van der Waals surface area (Å²) in [4.78, 5) is 15.7. The first kappa shape index (κ1) is 28.6. The fraction of sp³-hybridized carbons (Fsp3) is 0.242. The first-order valence-corrected chi connectivity index (χ1v) is 13.6. The molecule has 220 valence electrons. The van der Waals surface area contributed by atoms with Crippen LogP contribution < -0.4 is 0 Å². The molecule has 1 aromatic heterocycles. The van der Waals surface area contributed by atoms with Gasteiger partial charge in [0.1, 0.15) is 5.82 Å². The summed E-state index contributed by atoms with van der Waals surface area (Å²) in [7, 11) is 0. The Morgan fingerprint density at radius 2 is 1.70 bits per heavy atom. The molecule has 0 spiro atoms. The van der Waals surface area contributed by atoms with Crippen LogP contribution in [0.5, 0.6) is 0 Å². The Hall–Kier alpha value is -4.47. The van der Waals surface area contributed by atoms with Gasteiger partial charge in [-0.05, 0) is 79.3 Å². The van der Waals surface area contributed by atoms with Gasteiger partial charge in [0.2, 0.25) is 0 Å². The highest BCUT2D eigenvalue weighted by atomic mass is 19.4. The van der Waals surface area contributed by atoms with Gasteiger partial charge in [0.05, 0.1) is 39.5 Å². The Balaban J connectivity index is 1.40. The number of pyridine rings is 1. The molecule has 1 saturated carbocycles. The number of nitrogens with zero attached hydrogens (tertiary/aromatic N) is 4. The summed E-state index contributed by atoms with van der Waals surface area (Å²) in [6.07, 6.45) is -3.01. The van der Waals surface area contributed by atoms with Gasteiger partial charge in [-0.3, -0.25) is 14.9 Å². The molecule has 3 aromatic rings. The summed E-state index contributed by atoms with van der Waals surface area (Å²) in [6, 6.07) is 13.3. The van der Waals surface area contributed by atoms with Gasteiger partial charge in [0.15, 0.2) is 0 Å². The molecular formula is C33H26F6N4. The Labute approximate surface area is 244 Å². The van der Waals surface area contributed by atoms with Crippen molar-refractivity contribution in [2.24, 2.45) is 9.98 Å². The van der Waals surface area contributed by atoms with E-state index < -0.39 is 23.3 Å². The number of aliphatic imine (C=N–C) groups is 2. The highest BCUT2D eigenvalue weighted by Crippen LogP contribution is 2.59. The fourth-order valence-corrected chi connectivity index (χ4v) is 5.48. The average Bonchev–Trinajstić information content (AvgIpc) is 3.69. The van der Waals surface area contributed by atoms with Crippen LogP contribution in [0, 0.1) is 0 Å². The molecule has 3 aliphatic rings. The molecule has 3 heterocycles. The lowest BCUT2D eigenvalue weighted by atomic mass is 9.93. The molecule has 1 aliphatic carbocycles. The van der Waals surface area contributed by atoms with Crippen LogP contribution in [0.4, 0.5) is 32.0 Å². The number of aromatic nitrogens is 1. The van der Waals surface area contributed by atoms with Crippen LogP contribution in [0.25, 0.3) is 17.3 Å². The highest BCUT2D eigenvalue weighted by molar-refractivity contribution is 6.43. The summed E-state index contributed by atoms with van der Waals surface area (Å²) in [5.41, 5.74) is 3.17. The minimum atomic E-state index is -4.47. The van der Waals surface area contributed by atoms with Gasteiger partial charge >= 0.3 is 12.4 Å². The quantitative estimate of drug-likeness (QED) is 0.219. The topological polar surface area (TPSA) is 40.9 Å². The molecule has 0 bridgehead atoms. The van der Waals surface area contributed by atoms with Crippen molar-refractivity contribution in [3.05, 3.63) is 113 Å². The summed E-state index contributed by atoms with van der Waals surface area (Å²) in [5, 5.41) is 0. The van der Waals surface area contributed by atoms with Crippen molar-refractivity contribution >= 4 is 34.5 Å². The molecule has 0 saturated heterocycles. The fourth-order valence-electron chi connectivity index (χ4n) is 5.48. The van der Waals surface area contributed by atoms with Gasteiger partial charge in [0.25, 0.3) is 0 Å². The third kappa shape index (κ3) is 5.08. The second-order valence-electron chi connectivity index (χ2n) is 11.0. The van der Waals surface area contributed by atoms with Crippen LogP contribution >= 0.6 is 0 Å². The molecule has 0 unspecified atom stereocenters. The molecule has 0 N–H and O–H groups in total. The van der Waals surface area contributed by atoms with Crippen LogP contribution in [0.3, 0.4) is 0 Å². The zero-order valence-corrected chi connectivity index (χ0v) is 23.3. The maximum Gasteiger partial charge on any atom is 0.416 e. The zero-order chi connectivity index (χ0) is 30.7. The molecule has 6 rings (SSSR count). The predicted molar refractivity (Wildman–Crippen MR) is 155 cm³/mol. The molecule has 4 nitrogen and oxygen atoms in total. The molecule has 0 radical (unpaired) electrons. The van der Waals surface area contributed by atoms with E-state index in [9.17, 15) is 26.3 Å². The lowest BCUT2D eigenvalue weighted by molar-refractivity contribution is -0.160. The van der Waals surface area contributed by atoms with Crippen molar-refractivity contribution < 1.29 is 26.3 Å². The van der Waals surface area contributed by atoms with Crippen molar-refractivity contribution in [2.75, 3.05) is 0 Å². The number of hydrogen-bond acceptors (Lipinski definition) is 4. The normalized spacial score (nSPS) is 18.2. The number of alkyl halides is 6. The van der Waals surface area contributed by atoms with Crippen molar-refractivity contribution in [1.29, 1.82) is 0 Å². The minimum Gasteiger partial charge on any atom is -0.300 e. The maximum absolute atomic E-state index is 13.7. The molecule has 0 atom stereocenters. The van der Waals surface area contributed by atoms with Gasteiger partial charge in [0, 0.05) is 24.4 Å². The zero-order valence-electron chi connectivity index (χ0n) is 23.3. The van der Waals surface area contributed by atoms with E-state index in [-0.39, 0.29) is 18.4 Å². The Morgan fingerprint density at radius 1 is 0.977 bits per heavy atom. The molecule has 43 heavy (non-hydrogen) atoms. The maximum atomic E-state index is 13.7. The number of fused-ring (bicyclic) bond motifs is 2. The molecule has 2 aromatic carbocycles. The Bertz CT molecular complexity index is 1750. The molecule has 1 fully saturated rings. The lowest BCUT2D eigenvalue weighted by Gasteiger charge is -2.29. The van der Waals surface area contributed by atoms with Gasteiger partial charge in [-0.15, -0.1) is 0 Å². The van der Waals surface area contributed by atoms with E-state index in [1.807, 2.05) is 12.1 Å². The van der Waals surface area contributed by atoms with Crippen LogP contribution in [0.1, 0.15) is 60.2 Å². The first-order valence-electron chi connectivity index (χ1n) is 13.6. The van der Waals surface area contributed by atoms with E-state index >= 15 is 0 Å². The van der Waals surface area contributed by atoms with Crippen LogP contribution in [0.15, 0.2) is 89.4 Å². The SMILES string of the molecule is C=C1c2ncccc2C=CN1/C(N=C(C)C1=Nc2cc(C3(C(F)(F)F)CC3)ccc2C1)=C(/C)c1ccc(C(F)(F)F)cc1. The summed E-state index contributed by atoms with van der Waals surface area (Å²) in [5.74, 6) is 0.406. The molecule has 10 heteroatoms. The van der Waals surface area contributed by atoms with E-state index in [0.29, 0.717) is 51.9 Å². The van der Waals surface area contributed by atoms with E-state index in [1.54, 1.807) is 43.3 Å². The third-order valence-corrected chi connectivity index (χ3v) is 8.25. The number of allylic oxidation sites excluding steroid dienone is 1. The number of halogens is 6. The van der Waals surface area contributed by atoms with Gasteiger partial charge in [-0.2, -0.15) is 26.3 Å². The summed E-state index contributed by atoms with van der Waals surface area (Å²) >= 11 is 0. The van der Waals surface area contributed by atoms with Crippen LogP contribution in [-0.4, -0.2) is 27.5 Å². The summed E-state index contributed by atoms with van der Waals surface area (Å²) in [6.45, 7) is 7.73. The third-order valence-electron chi connectivity index (χ3n) is 8.25. The van der Waals surface area contributed by atoms with E-state index in [0.717, 1.165) is 23.3 Å². The van der Waals surface area contributed by atoms with E-state index in [2.05, 4.69) is 16.6 Å². The van der Waals surface area contributed by atoms with Gasteiger partial charge in [-0.25, -0.2) is 4.99 Å². The van der Waals surface area contributed by atoms with Crippen molar-refractivity contribution in [3.8, 4) is 0 Å². The molecular weight excluding hydrogens is 566 g/mol. The number of hydrogen-bond donors (Lipinski definition) is 0. The standard InChI is InChI=1S/C33H26F6N4/c1-19(22-6-9-25(10-7-22)32(34,35)36)30(43-16-12-23-5-4-15-40-29(23)21(43)3)41-20(2)27-17-24-8-11-26(18-28(24)42-27)31(13-14-31)33(37,38)39/h4-12,15-16,18H,3,13-14,17H2,1-2H3/b30-19-,41-20?. The minimum absolute atomic E-state index is 0.0644. The smallest absolute Gasteiger partial charge is 0.300 e. The second-order valence-corrected chi connectivity index (χ2v) is 11.0. The lowest BCUT2D eigenvalue weighted by Crippen LogP contribution is -2.28. The molecule has 0 amide bonds. The Kier molecular flexibility index (Phi) is 6.71. The first-order chi connectivity index (χ1) is 20.3. The average molecular weight is 593 g/mol. The highest BCUT2D eigenvalue weighted by Gasteiger charge is 2.64. The van der Waals surface area contributed by atoms with E-state index in [1.165, 1.54) is 24.3 Å². The van der Waals surface area contributed by atoms with Crippen molar-refractivity contribution in [2.45, 2.75) is 50.9 Å². The summed E-state index contributed by atoms with van der Waals surface area (Å²) < 4.78 is 80.9. The van der Waals surface area contributed by atoms with Crippen molar-refractivity contribution in [3.63, 3.8) is 0 Å².